The first-order valence-electron chi connectivity index (χ1n) is 5.93. The van der Waals surface area contributed by atoms with E-state index in [0.717, 1.165) is 6.42 Å². The van der Waals surface area contributed by atoms with Gasteiger partial charge in [0.05, 0.1) is 5.92 Å². The molecule has 1 fully saturated rings. The van der Waals surface area contributed by atoms with Crippen molar-refractivity contribution in [3.63, 3.8) is 0 Å². The van der Waals surface area contributed by atoms with E-state index >= 15 is 0 Å². The van der Waals surface area contributed by atoms with Crippen LogP contribution in [0, 0.1) is 5.92 Å². The molecule has 0 aromatic rings. The molecule has 1 rings (SSSR count). The standard InChI is InChI=1S/C11H21N3O2/c1-3-8(7-12)11(16)14-6-5-13-10(15)9(14)4-2/h8-9H,3-7,12H2,1-2H3,(H,13,15). The highest BCUT2D eigenvalue weighted by Gasteiger charge is 2.33. The molecule has 5 nitrogen and oxygen atoms in total. The highest BCUT2D eigenvalue weighted by molar-refractivity contribution is 5.89. The minimum atomic E-state index is -0.318. The fourth-order valence-electron chi connectivity index (χ4n) is 2.06. The van der Waals surface area contributed by atoms with Crippen LogP contribution >= 0.6 is 0 Å². The average molecular weight is 227 g/mol. The second-order valence-electron chi connectivity index (χ2n) is 4.09. The Hall–Kier alpha value is -1.10. The molecule has 3 N–H and O–H groups in total. The molecule has 0 aromatic carbocycles. The van der Waals surface area contributed by atoms with E-state index in [1.165, 1.54) is 0 Å². The summed E-state index contributed by atoms with van der Waals surface area (Å²) in [4.78, 5) is 25.4. The average Bonchev–Trinajstić information content (AvgIpc) is 2.30. The zero-order valence-corrected chi connectivity index (χ0v) is 10.0. The summed E-state index contributed by atoms with van der Waals surface area (Å²) in [5.41, 5.74) is 5.56. The van der Waals surface area contributed by atoms with E-state index in [1.54, 1.807) is 4.90 Å². The third kappa shape index (κ3) is 2.52. The second-order valence-corrected chi connectivity index (χ2v) is 4.09. The molecule has 0 saturated carbocycles. The van der Waals surface area contributed by atoms with Crippen LogP contribution in [0.3, 0.4) is 0 Å². The van der Waals surface area contributed by atoms with Gasteiger partial charge in [-0.05, 0) is 12.8 Å². The van der Waals surface area contributed by atoms with E-state index in [1.807, 2.05) is 13.8 Å². The summed E-state index contributed by atoms with van der Waals surface area (Å²) in [6, 6.07) is -0.318. The van der Waals surface area contributed by atoms with Crippen molar-refractivity contribution in [2.24, 2.45) is 11.7 Å². The van der Waals surface area contributed by atoms with E-state index in [0.29, 0.717) is 26.1 Å². The topological polar surface area (TPSA) is 75.4 Å². The molecule has 16 heavy (non-hydrogen) atoms. The largest absolute Gasteiger partial charge is 0.353 e. The first-order valence-corrected chi connectivity index (χ1v) is 5.93. The second kappa shape index (κ2) is 5.84. The van der Waals surface area contributed by atoms with Gasteiger partial charge in [-0.3, -0.25) is 9.59 Å². The molecule has 2 unspecified atom stereocenters. The summed E-state index contributed by atoms with van der Waals surface area (Å²) in [6.07, 6.45) is 1.38. The van der Waals surface area contributed by atoms with Crippen LogP contribution in [0.5, 0.6) is 0 Å². The Labute approximate surface area is 96.4 Å². The van der Waals surface area contributed by atoms with E-state index in [-0.39, 0.29) is 23.8 Å². The molecule has 0 aliphatic carbocycles. The predicted octanol–water partition coefficient (Wildman–Crippen LogP) is -0.292. The number of carbonyl (C=O) groups excluding carboxylic acids is 2. The lowest BCUT2D eigenvalue weighted by molar-refractivity contribution is -0.146. The third-order valence-electron chi connectivity index (χ3n) is 3.13. The molecule has 92 valence electrons. The minimum absolute atomic E-state index is 0.0201. The quantitative estimate of drug-likeness (QED) is 0.693. The first-order chi connectivity index (χ1) is 7.65. The van der Waals surface area contributed by atoms with Crippen molar-refractivity contribution in [1.29, 1.82) is 0 Å². The number of hydrogen-bond donors (Lipinski definition) is 2. The Balaban J connectivity index is 2.76. The smallest absolute Gasteiger partial charge is 0.242 e. The van der Waals surface area contributed by atoms with E-state index in [4.69, 9.17) is 5.73 Å². The van der Waals surface area contributed by atoms with Crippen LogP contribution < -0.4 is 11.1 Å². The maximum atomic E-state index is 12.1. The van der Waals surface area contributed by atoms with Crippen LogP contribution in [0.4, 0.5) is 0 Å². The Kier molecular flexibility index (Phi) is 4.73. The molecular weight excluding hydrogens is 206 g/mol. The van der Waals surface area contributed by atoms with Gasteiger partial charge in [-0.25, -0.2) is 0 Å². The van der Waals surface area contributed by atoms with Crippen LogP contribution in [-0.4, -0.2) is 42.4 Å². The zero-order chi connectivity index (χ0) is 12.1. The van der Waals surface area contributed by atoms with Crippen LogP contribution in [0.15, 0.2) is 0 Å². The predicted molar refractivity (Wildman–Crippen MR) is 61.6 cm³/mol. The molecule has 0 aromatic heterocycles. The maximum Gasteiger partial charge on any atom is 0.242 e. The van der Waals surface area contributed by atoms with Gasteiger partial charge >= 0.3 is 0 Å². The molecule has 0 spiro atoms. The van der Waals surface area contributed by atoms with Gasteiger partial charge < -0.3 is 16.0 Å². The van der Waals surface area contributed by atoms with E-state index in [9.17, 15) is 9.59 Å². The number of rotatable bonds is 4. The molecule has 0 radical (unpaired) electrons. The van der Waals surface area contributed by atoms with Gasteiger partial charge in [0.2, 0.25) is 11.8 Å². The number of piperazine rings is 1. The number of hydrogen-bond acceptors (Lipinski definition) is 3. The summed E-state index contributed by atoms with van der Waals surface area (Å²) >= 11 is 0. The fraction of sp³-hybridized carbons (Fsp3) is 0.818. The summed E-state index contributed by atoms with van der Waals surface area (Å²) in [6.45, 7) is 5.35. The SMILES string of the molecule is CCC(CN)C(=O)N1CCNC(=O)C1CC. The van der Waals surface area contributed by atoms with Crippen molar-refractivity contribution in [3.8, 4) is 0 Å². The molecule has 1 aliphatic rings. The molecule has 2 atom stereocenters. The number of amides is 2. The van der Waals surface area contributed by atoms with Crippen molar-refractivity contribution < 1.29 is 9.59 Å². The van der Waals surface area contributed by atoms with Crippen molar-refractivity contribution in [1.82, 2.24) is 10.2 Å². The van der Waals surface area contributed by atoms with Crippen molar-refractivity contribution >= 4 is 11.8 Å². The summed E-state index contributed by atoms with van der Waals surface area (Å²) < 4.78 is 0. The van der Waals surface area contributed by atoms with Gasteiger partial charge in [0.15, 0.2) is 0 Å². The van der Waals surface area contributed by atoms with Gasteiger partial charge in [-0.2, -0.15) is 0 Å². The number of nitrogens with zero attached hydrogens (tertiary/aromatic N) is 1. The Bertz CT molecular complexity index is 264. The highest BCUT2D eigenvalue weighted by Crippen LogP contribution is 2.14. The Morgan fingerprint density at radius 1 is 1.62 bits per heavy atom. The molecule has 1 saturated heterocycles. The lowest BCUT2D eigenvalue weighted by Crippen LogP contribution is -2.58. The molecule has 1 heterocycles. The van der Waals surface area contributed by atoms with Gasteiger partial charge in [0.1, 0.15) is 6.04 Å². The summed E-state index contributed by atoms with van der Waals surface area (Å²) in [5.74, 6) is -0.180. The Morgan fingerprint density at radius 2 is 2.31 bits per heavy atom. The maximum absolute atomic E-state index is 12.1. The monoisotopic (exact) mass is 227 g/mol. The Morgan fingerprint density at radius 3 is 2.81 bits per heavy atom. The van der Waals surface area contributed by atoms with Crippen molar-refractivity contribution in [2.45, 2.75) is 32.7 Å². The number of nitrogens with one attached hydrogen (secondary N) is 1. The highest BCUT2D eigenvalue weighted by atomic mass is 16.2. The summed E-state index contributed by atoms with van der Waals surface area (Å²) in [7, 11) is 0. The zero-order valence-electron chi connectivity index (χ0n) is 10.0. The molecular formula is C11H21N3O2. The lowest BCUT2D eigenvalue weighted by atomic mass is 10.0. The molecule has 0 bridgehead atoms. The number of nitrogens with two attached hydrogens (primary N) is 1. The first kappa shape index (κ1) is 13.0. The minimum Gasteiger partial charge on any atom is -0.353 e. The number of carbonyl (C=O) groups is 2. The molecule has 5 heteroatoms. The lowest BCUT2D eigenvalue weighted by Gasteiger charge is -2.36. The van der Waals surface area contributed by atoms with Gasteiger partial charge in [0.25, 0.3) is 0 Å². The third-order valence-corrected chi connectivity index (χ3v) is 3.13. The van der Waals surface area contributed by atoms with E-state index < -0.39 is 0 Å². The normalized spacial score (nSPS) is 22.8. The molecule has 1 aliphatic heterocycles. The van der Waals surface area contributed by atoms with Crippen LogP contribution in [0.25, 0.3) is 0 Å². The van der Waals surface area contributed by atoms with Crippen molar-refractivity contribution in [2.75, 3.05) is 19.6 Å². The van der Waals surface area contributed by atoms with Crippen molar-refractivity contribution in [3.05, 3.63) is 0 Å². The van der Waals surface area contributed by atoms with Gasteiger partial charge in [-0.15, -0.1) is 0 Å². The fourth-order valence-corrected chi connectivity index (χ4v) is 2.06. The van der Waals surface area contributed by atoms with Gasteiger partial charge in [-0.1, -0.05) is 13.8 Å². The van der Waals surface area contributed by atoms with E-state index in [2.05, 4.69) is 5.32 Å². The summed E-state index contributed by atoms with van der Waals surface area (Å²) in [5, 5.41) is 2.78. The van der Waals surface area contributed by atoms with Crippen LogP contribution in [0.2, 0.25) is 0 Å². The van der Waals surface area contributed by atoms with Crippen LogP contribution in [-0.2, 0) is 9.59 Å². The van der Waals surface area contributed by atoms with Crippen LogP contribution in [0.1, 0.15) is 26.7 Å². The van der Waals surface area contributed by atoms with Gasteiger partial charge in [0, 0.05) is 19.6 Å². The molecule has 2 amide bonds.